The second-order valence-electron chi connectivity index (χ2n) is 9.19. The lowest BCUT2D eigenvalue weighted by Gasteiger charge is -2.47. The largest absolute Gasteiger partial charge is 0.395 e. The van der Waals surface area contributed by atoms with Crippen LogP contribution in [0, 0.1) is 0 Å². The summed E-state index contributed by atoms with van der Waals surface area (Å²) >= 11 is 12.3. The Morgan fingerprint density at radius 2 is 1.92 bits per heavy atom. The number of rotatable bonds is 7. The molecule has 2 fully saturated rings. The summed E-state index contributed by atoms with van der Waals surface area (Å²) in [6, 6.07) is 4.00. The summed E-state index contributed by atoms with van der Waals surface area (Å²) in [5, 5.41) is 11.9. The first kappa shape index (κ1) is 27.3. The van der Waals surface area contributed by atoms with Crippen LogP contribution in [0.2, 0.25) is 10.3 Å². The number of piperidine rings is 1. The molecule has 0 spiro atoms. The second-order valence-corrected chi connectivity index (χ2v) is 9.94. The Morgan fingerprint density at radius 3 is 2.57 bits per heavy atom. The molecule has 200 valence electrons. The van der Waals surface area contributed by atoms with E-state index in [-0.39, 0.29) is 41.8 Å². The predicted molar refractivity (Wildman–Crippen MR) is 142 cm³/mol. The Bertz CT molecular complexity index is 1110. The molecule has 2 saturated heterocycles. The van der Waals surface area contributed by atoms with Crippen molar-refractivity contribution in [3.05, 3.63) is 39.9 Å². The number of hydrogen-bond acceptors (Lipinski definition) is 9. The number of aromatic nitrogens is 3. The number of aliphatic hydroxyl groups is 1. The average Bonchev–Trinajstić information content (AvgIpc) is 2.92. The van der Waals surface area contributed by atoms with Gasteiger partial charge in [-0.2, -0.15) is 0 Å². The van der Waals surface area contributed by atoms with Crippen LogP contribution in [0.15, 0.2) is 18.3 Å². The zero-order valence-electron chi connectivity index (χ0n) is 20.7. The number of nitrogens with one attached hydrogen (secondary N) is 1. The molecule has 0 unspecified atom stereocenters. The minimum absolute atomic E-state index is 0.00163. The number of nitrogens with zero attached hydrogens (tertiary/aromatic N) is 6. The monoisotopic (exact) mass is 550 g/mol. The molecule has 0 aromatic carbocycles. The van der Waals surface area contributed by atoms with Crippen molar-refractivity contribution in [3.63, 3.8) is 0 Å². The van der Waals surface area contributed by atoms with Gasteiger partial charge >= 0.3 is 0 Å². The number of amides is 2. The van der Waals surface area contributed by atoms with Gasteiger partial charge in [0.2, 0.25) is 0 Å². The standard InChI is InChI=1S/C24H32Cl2N8O3/c1-2-16-14-33(22-20(26)30-19(21(27)31-22)23(36)28-7-12-35)10-11-34(16)17-5-8-32(9-6-17)24(37)15-3-4-18(25)29-13-15/h3-4,13,16-17,35H,2,5-12,14H2,1H3,(H2,27,31)(H,28,36)/t16-/m0/s1. The van der Waals surface area contributed by atoms with Gasteiger partial charge in [0.05, 0.1) is 12.2 Å². The van der Waals surface area contributed by atoms with E-state index >= 15 is 0 Å². The van der Waals surface area contributed by atoms with Gasteiger partial charge in [-0.15, -0.1) is 0 Å². The lowest BCUT2D eigenvalue weighted by Crippen LogP contribution is -2.58. The van der Waals surface area contributed by atoms with E-state index < -0.39 is 5.91 Å². The van der Waals surface area contributed by atoms with Crippen LogP contribution in [0.4, 0.5) is 11.6 Å². The Kier molecular flexibility index (Phi) is 9.01. The predicted octanol–water partition coefficient (Wildman–Crippen LogP) is 1.69. The van der Waals surface area contributed by atoms with E-state index in [1.165, 1.54) is 6.20 Å². The molecule has 1 atom stereocenters. The topological polar surface area (TPSA) is 141 Å². The van der Waals surface area contributed by atoms with E-state index in [4.69, 9.17) is 34.0 Å². The lowest BCUT2D eigenvalue weighted by atomic mass is 9.98. The number of carbonyl (C=O) groups excluding carboxylic acids is 2. The van der Waals surface area contributed by atoms with Crippen molar-refractivity contribution in [1.29, 1.82) is 0 Å². The van der Waals surface area contributed by atoms with E-state index in [9.17, 15) is 9.59 Å². The fourth-order valence-electron chi connectivity index (χ4n) is 5.03. The molecule has 2 amide bonds. The Morgan fingerprint density at radius 1 is 1.16 bits per heavy atom. The summed E-state index contributed by atoms with van der Waals surface area (Å²) < 4.78 is 0. The molecular weight excluding hydrogens is 519 g/mol. The summed E-state index contributed by atoms with van der Waals surface area (Å²) in [5.74, 6) is -0.0779. The minimum Gasteiger partial charge on any atom is -0.395 e. The van der Waals surface area contributed by atoms with Crippen LogP contribution in [0.3, 0.4) is 0 Å². The fourth-order valence-corrected chi connectivity index (χ4v) is 5.39. The zero-order valence-corrected chi connectivity index (χ0v) is 22.2. The zero-order chi connectivity index (χ0) is 26.5. The smallest absolute Gasteiger partial charge is 0.273 e. The molecule has 37 heavy (non-hydrogen) atoms. The number of halogens is 2. The molecule has 2 aromatic heterocycles. The normalized spacial score (nSPS) is 19.2. The number of carbonyl (C=O) groups is 2. The van der Waals surface area contributed by atoms with E-state index in [0.717, 1.165) is 25.8 Å². The number of anilines is 2. The van der Waals surface area contributed by atoms with Crippen molar-refractivity contribution in [2.24, 2.45) is 0 Å². The van der Waals surface area contributed by atoms with Crippen molar-refractivity contribution >= 4 is 46.7 Å². The molecule has 2 aromatic rings. The van der Waals surface area contributed by atoms with Crippen LogP contribution >= 0.6 is 23.2 Å². The van der Waals surface area contributed by atoms with Crippen LogP contribution in [0.1, 0.15) is 47.0 Å². The van der Waals surface area contributed by atoms with Gasteiger partial charge in [0.15, 0.2) is 22.5 Å². The number of likely N-dealkylation sites (tertiary alicyclic amines) is 1. The maximum atomic E-state index is 12.8. The Balaban J connectivity index is 1.37. The molecule has 4 rings (SSSR count). The van der Waals surface area contributed by atoms with Crippen molar-refractivity contribution in [2.45, 2.75) is 38.3 Å². The average molecular weight is 551 g/mol. The first-order chi connectivity index (χ1) is 17.8. The lowest BCUT2D eigenvalue weighted by molar-refractivity contribution is 0.0490. The van der Waals surface area contributed by atoms with Crippen LogP contribution in [0.5, 0.6) is 0 Å². The highest BCUT2D eigenvalue weighted by Gasteiger charge is 2.35. The molecule has 11 nitrogen and oxygen atoms in total. The van der Waals surface area contributed by atoms with Crippen LogP contribution in [-0.2, 0) is 0 Å². The van der Waals surface area contributed by atoms with E-state index in [1.54, 1.807) is 12.1 Å². The summed E-state index contributed by atoms with van der Waals surface area (Å²) in [4.78, 5) is 44.2. The highest BCUT2D eigenvalue weighted by molar-refractivity contribution is 6.32. The number of hydrogen-bond donors (Lipinski definition) is 3. The van der Waals surface area contributed by atoms with Gasteiger partial charge in [-0.25, -0.2) is 15.0 Å². The van der Waals surface area contributed by atoms with Crippen molar-refractivity contribution < 1.29 is 14.7 Å². The fraction of sp³-hybridized carbons (Fsp3) is 0.542. The first-order valence-corrected chi connectivity index (χ1v) is 13.2. The van der Waals surface area contributed by atoms with Gasteiger partial charge in [-0.05, 0) is 31.4 Å². The molecule has 4 heterocycles. The van der Waals surface area contributed by atoms with Crippen molar-refractivity contribution in [2.75, 3.05) is 56.5 Å². The molecule has 13 heteroatoms. The SMILES string of the molecule is CC[C@H]1CN(c2nc(N)c(C(=O)NCCO)nc2Cl)CCN1C1CCN(C(=O)c2ccc(Cl)nc2)CC1. The summed E-state index contributed by atoms with van der Waals surface area (Å²) in [6.07, 6.45) is 4.26. The van der Waals surface area contributed by atoms with Crippen LogP contribution in [0.25, 0.3) is 0 Å². The van der Waals surface area contributed by atoms with Gasteiger partial charge in [0.1, 0.15) is 5.15 Å². The summed E-state index contributed by atoms with van der Waals surface area (Å²) in [7, 11) is 0. The van der Waals surface area contributed by atoms with Gasteiger partial charge in [-0.1, -0.05) is 30.1 Å². The molecule has 0 saturated carbocycles. The summed E-state index contributed by atoms with van der Waals surface area (Å²) in [6.45, 7) is 5.64. The molecule has 2 aliphatic heterocycles. The number of pyridine rings is 1. The van der Waals surface area contributed by atoms with Gasteiger partial charge in [-0.3, -0.25) is 14.5 Å². The minimum atomic E-state index is -0.527. The first-order valence-electron chi connectivity index (χ1n) is 12.5. The highest BCUT2D eigenvalue weighted by Crippen LogP contribution is 2.30. The van der Waals surface area contributed by atoms with Crippen molar-refractivity contribution in [3.8, 4) is 0 Å². The third-order valence-corrected chi connectivity index (χ3v) is 7.45. The quantitative estimate of drug-likeness (QED) is 0.439. The molecule has 2 aliphatic rings. The van der Waals surface area contributed by atoms with Crippen LogP contribution in [-0.4, -0.2) is 99.6 Å². The second kappa shape index (κ2) is 12.2. The molecule has 0 aliphatic carbocycles. The third-order valence-electron chi connectivity index (χ3n) is 6.97. The molecule has 0 radical (unpaired) electrons. The molecular formula is C24H32Cl2N8O3. The number of aliphatic hydroxyl groups excluding tert-OH is 1. The number of nitrogen functional groups attached to an aromatic ring is 1. The van der Waals surface area contributed by atoms with E-state index in [2.05, 4.69) is 37.0 Å². The van der Waals surface area contributed by atoms with Crippen molar-refractivity contribution in [1.82, 2.24) is 30.1 Å². The van der Waals surface area contributed by atoms with Gasteiger partial charge in [0, 0.05) is 57.5 Å². The number of piperazine rings is 1. The van der Waals surface area contributed by atoms with Gasteiger partial charge < -0.3 is 26.0 Å². The highest BCUT2D eigenvalue weighted by atomic mass is 35.5. The Hall–Kier alpha value is -2.73. The number of nitrogens with two attached hydrogens (primary N) is 1. The summed E-state index contributed by atoms with van der Waals surface area (Å²) in [5.41, 5.74) is 6.53. The molecule has 4 N–H and O–H groups in total. The Labute approximate surface area is 226 Å². The van der Waals surface area contributed by atoms with E-state index in [0.29, 0.717) is 48.8 Å². The third kappa shape index (κ3) is 6.23. The maximum Gasteiger partial charge on any atom is 0.273 e. The maximum absolute atomic E-state index is 12.8. The molecule has 0 bridgehead atoms. The van der Waals surface area contributed by atoms with Crippen LogP contribution < -0.4 is 16.0 Å². The van der Waals surface area contributed by atoms with E-state index in [1.807, 2.05) is 4.90 Å². The van der Waals surface area contributed by atoms with Gasteiger partial charge in [0.25, 0.3) is 11.8 Å².